The number of nitrogens with zero attached hydrogens (tertiary/aromatic N) is 3. The van der Waals surface area contributed by atoms with Crippen molar-refractivity contribution in [2.45, 2.75) is 0 Å². The molecule has 0 saturated carbocycles. The smallest absolute Gasteiger partial charge is 0.269 e. The van der Waals surface area contributed by atoms with Gasteiger partial charge in [0.1, 0.15) is 5.15 Å². The Balaban J connectivity index is 2.30. The van der Waals surface area contributed by atoms with Gasteiger partial charge in [-0.2, -0.15) is 0 Å². The lowest BCUT2D eigenvalue weighted by atomic mass is 10.2. The summed E-state index contributed by atoms with van der Waals surface area (Å²) >= 11 is 11.7. The Morgan fingerprint density at radius 1 is 1.29 bits per heavy atom. The second kappa shape index (κ2) is 6.07. The fraction of sp³-hybridized carbons (Fsp3) is 0.0769. The van der Waals surface area contributed by atoms with Crippen molar-refractivity contribution in [2.24, 2.45) is 0 Å². The molecule has 21 heavy (non-hydrogen) atoms. The zero-order valence-corrected chi connectivity index (χ0v) is 12.3. The van der Waals surface area contributed by atoms with Gasteiger partial charge in [-0.25, -0.2) is 4.98 Å². The summed E-state index contributed by atoms with van der Waals surface area (Å²) in [7, 11) is 1.54. The Morgan fingerprint density at radius 2 is 1.90 bits per heavy atom. The minimum absolute atomic E-state index is 0.0513. The number of rotatable bonds is 3. The number of nitro groups is 1. The van der Waals surface area contributed by atoms with Gasteiger partial charge in [0.15, 0.2) is 0 Å². The molecule has 0 saturated heterocycles. The molecule has 1 aromatic carbocycles. The first-order valence-electron chi connectivity index (χ1n) is 5.73. The quantitative estimate of drug-likeness (QED) is 0.491. The topological polar surface area (TPSA) is 76.3 Å². The molecule has 8 heteroatoms. The number of hydrogen-bond acceptors (Lipinski definition) is 4. The number of carbonyl (C=O) groups excluding carboxylic acids is 1. The first kappa shape index (κ1) is 15.2. The maximum Gasteiger partial charge on any atom is 0.269 e. The molecule has 0 unspecified atom stereocenters. The van der Waals surface area contributed by atoms with Crippen LogP contribution in [0.1, 0.15) is 10.4 Å². The second-order valence-corrected chi connectivity index (χ2v) is 4.92. The van der Waals surface area contributed by atoms with Gasteiger partial charge in [0, 0.05) is 31.1 Å². The Labute approximate surface area is 130 Å². The van der Waals surface area contributed by atoms with E-state index in [1.807, 2.05) is 0 Å². The van der Waals surface area contributed by atoms with Crippen molar-refractivity contribution in [1.29, 1.82) is 0 Å². The predicted octanol–water partition coefficient (Wildman–Crippen LogP) is 3.57. The van der Waals surface area contributed by atoms with Crippen LogP contribution in [0.25, 0.3) is 0 Å². The zero-order chi connectivity index (χ0) is 15.6. The van der Waals surface area contributed by atoms with Gasteiger partial charge in [0.05, 0.1) is 15.5 Å². The summed E-state index contributed by atoms with van der Waals surface area (Å²) in [6, 6.07) is 6.97. The summed E-state index contributed by atoms with van der Waals surface area (Å²) < 4.78 is 0. The summed E-state index contributed by atoms with van der Waals surface area (Å²) in [4.78, 5) is 27.5. The van der Waals surface area contributed by atoms with Crippen molar-refractivity contribution in [1.82, 2.24) is 4.98 Å². The largest absolute Gasteiger partial charge is 0.311 e. The molecule has 6 nitrogen and oxygen atoms in total. The normalized spacial score (nSPS) is 10.2. The minimum Gasteiger partial charge on any atom is -0.311 e. The SMILES string of the molecule is CN(C(=O)c1cc(Cl)ncc1Cl)c1ccc([N+](=O)[O-])cc1. The highest BCUT2D eigenvalue weighted by Gasteiger charge is 2.18. The van der Waals surface area contributed by atoms with Crippen LogP contribution in [-0.4, -0.2) is 22.9 Å². The minimum atomic E-state index is -0.509. The molecule has 0 radical (unpaired) electrons. The maximum absolute atomic E-state index is 12.4. The Hall–Kier alpha value is -2.18. The van der Waals surface area contributed by atoms with Crippen LogP contribution in [0.2, 0.25) is 10.2 Å². The molecule has 1 amide bonds. The van der Waals surface area contributed by atoms with Crippen molar-refractivity contribution in [3.63, 3.8) is 0 Å². The number of pyridine rings is 1. The van der Waals surface area contributed by atoms with Crippen LogP contribution >= 0.6 is 23.2 Å². The predicted molar refractivity (Wildman–Crippen MR) is 80.1 cm³/mol. The van der Waals surface area contributed by atoms with Gasteiger partial charge < -0.3 is 4.90 Å². The zero-order valence-electron chi connectivity index (χ0n) is 10.8. The Kier molecular flexibility index (Phi) is 4.40. The fourth-order valence-corrected chi connectivity index (χ4v) is 2.02. The molecule has 0 aliphatic rings. The Bertz CT molecular complexity index is 704. The fourth-order valence-electron chi connectivity index (χ4n) is 1.67. The van der Waals surface area contributed by atoms with Crippen molar-refractivity contribution < 1.29 is 9.72 Å². The van der Waals surface area contributed by atoms with E-state index < -0.39 is 10.8 Å². The third-order valence-corrected chi connectivity index (χ3v) is 3.31. The highest BCUT2D eigenvalue weighted by molar-refractivity contribution is 6.35. The number of amides is 1. The van der Waals surface area contributed by atoms with Crippen LogP contribution in [0, 0.1) is 10.1 Å². The van der Waals surface area contributed by atoms with E-state index in [0.717, 1.165) is 0 Å². The summed E-state index contributed by atoms with van der Waals surface area (Å²) in [6.45, 7) is 0. The average molecular weight is 326 g/mol. The van der Waals surface area contributed by atoms with Crippen molar-refractivity contribution in [3.8, 4) is 0 Å². The van der Waals surface area contributed by atoms with Crippen LogP contribution in [-0.2, 0) is 0 Å². The van der Waals surface area contributed by atoms with E-state index >= 15 is 0 Å². The number of halogens is 2. The van der Waals surface area contributed by atoms with Crippen molar-refractivity contribution in [2.75, 3.05) is 11.9 Å². The van der Waals surface area contributed by atoms with Crippen molar-refractivity contribution in [3.05, 3.63) is 62.4 Å². The molecular weight excluding hydrogens is 317 g/mol. The molecule has 0 N–H and O–H groups in total. The molecule has 0 spiro atoms. The van der Waals surface area contributed by atoms with Gasteiger partial charge in [-0.15, -0.1) is 0 Å². The summed E-state index contributed by atoms with van der Waals surface area (Å²) in [5.74, 6) is -0.391. The molecule has 1 aromatic heterocycles. The molecule has 0 aliphatic carbocycles. The lowest BCUT2D eigenvalue weighted by molar-refractivity contribution is -0.384. The van der Waals surface area contributed by atoms with Crippen LogP contribution in [0.3, 0.4) is 0 Å². The Morgan fingerprint density at radius 3 is 2.48 bits per heavy atom. The molecule has 0 aliphatic heterocycles. The van der Waals surface area contributed by atoms with Gasteiger partial charge in [-0.05, 0) is 18.2 Å². The molecule has 0 atom stereocenters. The average Bonchev–Trinajstić information content (AvgIpc) is 2.48. The number of benzene rings is 1. The first-order valence-corrected chi connectivity index (χ1v) is 6.49. The van der Waals surface area contributed by atoms with E-state index in [2.05, 4.69) is 4.98 Å². The molecule has 1 heterocycles. The summed E-state index contributed by atoms with van der Waals surface area (Å²) in [6.07, 6.45) is 1.29. The third-order valence-electron chi connectivity index (χ3n) is 2.80. The van der Waals surface area contributed by atoms with Crippen LogP contribution < -0.4 is 4.90 Å². The van der Waals surface area contributed by atoms with E-state index in [1.54, 1.807) is 0 Å². The summed E-state index contributed by atoms with van der Waals surface area (Å²) in [5, 5.41) is 10.9. The van der Waals surface area contributed by atoms with Gasteiger partial charge in [-0.1, -0.05) is 23.2 Å². The highest BCUT2D eigenvalue weighted by Crippen LogP contribution is 2.24. The first-order chi connectivity index (χ1) is 9.90. The third kappa shape index (κ3) is 3.29. The monoisotopic (exact) mass is 325 g/mol. The molecule has 2 aromatic rings. The molecule has 2 rings (SSSR count). The maximum atomic E-state index is 12.4. The molecule has 0 bridgehead atoms. The second-order valence-electron chi connectivity index (χ2n) is 4.12. The number of non-ortho nitro benzene ring substituents is 1. The summed E-state index contributed by atoms with van der Waals surface area (Å²) in [5.41, 5.74) is 0.650. The van der Waals surface area contributed by atoms with E-state index in [0.29, 0.717) is 5.69 Å². The van der Waals surface area contributed by atoms with Crippen LogP contribution in [0.4, 0.5) is 11.4 Å². The molecule has 108 valence electrons. The van der Waals surface area contributed by atoms with E-state index in [-0.39, 0.29) is 21.4 Å². The van der Waals surface area contributed by atoms with Gasteiger partial charge in [0.25, 0.3) is 11.6 Å². The molecular formula is C13H9Cl2N3O3. The van der Waals surface area contributed by atoms with E-state index in [4.69, 9.17) is 23.2 Å². The van der Waals surface area contributed by atoms with Crippen LogP contribution in [0.15, 0.2) is 36.5 Å². The number of nitro benzene ring substituents is 1. The van der Waals surface area contributed by atoms with Gasteiger partial charge >= 0.3 is 0 Å². The number of aromatic nitrogens is 1. The van der Waals surface area contributed by atoms with Crippen molar-refractivity contribution >= 4 is 40.5 Å². The number of carbonyl (C=O) groups is 1. The number of hydrogen-bond donors (Lipinski definition) is 0. The van der Waals surface area contributed by atoms with E-state index in [1.165, 1.54) is 48.5 Å². The van der Waals surface area contributed by atoms with Crippen LogP contribution in [0.5, 0.6) is 0 Å². The highest BCUT2D eigenvalue weighted by atomic mass is 35.5. The van der Waals surface area contributed by atoms with Gasteiger partial charge in [-0.3, -0.25) is 14.9 Å². The lowest BCUT2D eigenvalue weighted by Gasteiger charge is -2.17. The van der Waals surface area contributed by atoms with Gasteiger partial charge in [0.2, 0.25) is 0 Å². The lowest BCUT2D eigenvalue weighted by Crippen LogP contribution is -2.26. The van der Waals surface area contributed by atoms with E-state index in [9.17, 15) is 14.9 Å². The standard InChI is InChI=1S/C13H9Cl2N3O3/c1-17(8-2-4-9(5-3-8)18(20)21)13(19)10-6-12(15)16-7-11(10)14/h2-7H,1H3. The molecule has 0 fully saturated rings. The number of anilines is 1.